The summed E-state index contributed by atoms with van der Waals surface area (Å²) in [5, 5.41) is 2.16. The van der Waals surface area contributed by atoms with Gasteiger partial charge in [0.15, 0.2) is 5.65 Å². The third-order valence-corrected chi connectivity index (χ3v) is 9.34. The maximum atomic E-state index is 14.1. The first-order chi connectivity index (χ1) is 26.1. The van der Waals surface area contributed by atoms with E-state index in [1.807, 2.05) is 36.4 Å². The summed E-state index contributed by atoms with van der Waals surface area (Å²) in [6, 6.07) is 35.0. The molecule has 0 aliphatic rings. The van der Waals surface area contributed by atoms with Crippen molar-refractivity contribution in [3.8, 4) is 28.3 Å². The van der Waals surface area contributed by atoms with Crippen molar-refractivity contribution in [2.24, 2.45) is 0 Å². The number of para-hydroxylation sites is 2. The van der Waals surface area contributed by atoms with Crippen LogP contribution in [0.25, 0.3) is 61.4 Å². The molecule has 0 fully saturated rings. The van der Waals surface area contributed by atoms with Crippen molar-refractivity contribution in [3.63, 3.8) is 0 Å². The minimum Gasteiger partial charge on any atom is -0.501 e. The van der Waals surface area contributed by atoms with Crippen LogP contribution in [0.4, 0.5) is 4.39 Å². The fourth-order valence-corrected chi connectivity index (χ4v) is 6.59. The van der Waals surface area contributed by atoms with Crippen LogP contribution in [-0.4, -0.2) is 19.5 Å². The predicted molar refractivity (Wildman–Crippen MR) is 210 cm³/mol. The fraction of sp³-hybridized carbons (Fsp3) is 0.239. The van der Waals surface area contributed by atoms with E-state index in [9.17, 15) is 4.39 Å². The van der Waals surface area contributed by atoms with Gasteiger partial charge in [0.1, 0.15) is 5.58 Å². The number of fused-ring (bicyclic) bond motifs is 4. The summed E-state index contributed by atoms with van der Waals surface area (Å²) in [7, 11) is 0. The molecule has 5 nitrogen and oxygen atoms in total. The normalized spacial score (nSPS) is 12.8. The van der Waals surface area contributed by atoms with E-state index in [-0.39, 0.29) is 36.6 Å². The number of furan rings is 1. The van der Waals surface area contributed by atoms with Crippen LogP contribution in [0.3, 0.4) is 0 Å². The standard InChI is InChI=1S/C30H26N3O.C16H17FN.Ir/c1-18(2)20-11-7-12-21(19(3)4)27(20)33-25-15-9-17-31-29(25)32-30(33)24-14-8-13-23-22-10-5-6-16-26(22)34-28(23)24;1-11-5-7-13(14(17)9-11)15-8-6-12(10-18-15)16(2,3)4;/h5-13,15-19H,1-4H3;5-6,8-10H,1-4H3;/q2*-1;/i;1D3;. The van der Waals surface area contributed by atoms with Gasteiger partial charge in [-0.15, -0.1) is 42.0 Å². The molecule has 0 atom stereocenters. The molecule has 4 aromatic carbocycles. The minimum absolute atomic E-state index is 0. The third-order valence-electron chi connectivity index (χ3n) is 9.34. The van der Waals surface area contributed by atoms with E-state index in [0.29, 0.717) is 23.2 Å². The first kappa shape index (κ1) is 33.8. The van der Waals surface area contributed by atoms with Crippen molar-refractivity contribution in [1.82, 2.24) is 19.5 Å². The van der Waals surface area contributed by atoms with Gasteiger partial charge >= 0.3 is 0 Å². The Balaban J connectivity index is 0.000000209. The number of pyridine rings is 2. The molecule has 0 saturated carbocycles. The van der Waals surface area contributed by atoms with Crippen LogP contribution in [-0.2, 0) is 25.5 Å². The molecule has 53 heavy (non-hydrogen) atoms. The van der Waals surface area contributed by atoms with Gasteiger partial charge in [-0.1, -0.05) is 120 Å². The quantitative estimate of drug-likeness (QED) is 0.162. The monoisotopic (exact) mass is 882 g/mol. The Morgan fingerprint density at radius 3 is 2.25 bits per heavy atom. The van der Waals surface area contributed by atoms with Gasteiger partial charge in [0, 0.05) is 53.5 Å². The molecular weight excluding hydrogens is 836 g/mol. The van der Waals surface area contributed by atoms with Crippen molar-refractivity contribution >= 4 is 33.1 Å². The average molecular weight is 882 g/mol. The van der Waals surface area contributed by atoms with E-state index in [0.717, 1.165) is 50.5 Å². The summed E-state index contributed by atoms with van der Waals surface area (Å²) in [4.78, 5) is 13.9. The topological polar surface area (TPSA) is 56.7 Å². The predicted octanol–water partition coefficient (Wildman–Crippen LogP) is 12.3. The van der Waals surface area contributed by atoms with Crippen molar-refractivity contribution in [2.75, 3.05) is 0 Å². The largest absolute Gasteiger partial charge is 0.501 e. The molecule has 8 rings (SSSR count). The van der Waals surface area contributed by atoms with Crippen LogP contribution < -0.4 is 0 Å². The first-order valence-electron chi connectivity index (χ1n) is 19.1. The van der Waals surface area contributed by atoms with Gasteiger partial charge in [-0.2, -0.15) is 0 Å². The molecule has 0 saturated heterocycles. The molecule has 0 spiro atoms. The molecule has 271 valence electrons. The molecule has 8 aromatic rings. The molecule has 0 amide bonds. The summed E-state index contributed by atoms with van der Waals surface area (Å²) in [5.41, 5.74) is 9.54. The number of hydrogen-bond donors (Lipinski definition) is 0. The number of hydrogen-bond acceptors (Lipinski definition) is 4. The molecule has 0 N–H and O–H groups in total. The second-order valence-corrected chi connectivity index (χ2v) is 14.7. The van der Waals surface area contributed by atoms with Gasteiger partial charge in [-0.25, -0.2) is 4.98 Å². The Morgan fingerprint density at radius 2 is 1.58 bits per heavy atom. The Labute approximate surface area is 328 Å². The van der Waals surface area contributed by atoms with Gasteiger partial charge in [-0.05, 0) is 57.8 Å². The maximum Gasteiger partial charge on any atom is 0.168 e. The van der Waals surface area contributed by atoms with E-state index in [1.165, 1.54) is 22.9 Å². The molecule has 4 heterocycles. The van der Waals surface area contributed by atoms with Crippen LogP contribution in [0, 0.1) is 24.8 Å². The van der Waals surface area contributed by atoms with Crippen molar-refractivity contribution < 1.29 is 33.0 Å². The van der Waals surface area contributed by atoms with Crippen LogP contribution in [0.15, 0.2) is 108 Å². The Morgan fingerprint density at radius 1 is 0.830 bits per heavy atom. The molecule has 7 heteroatoms. The summed E-state index contributed by atoms with van der Waals surface area (Å²) in [6.45, 7) is 12.8. The summed E-state index contributed by atoms with van der Waals surface area (Å²) < 4.78 is 44.5. The number of rotatable bonds is 5. The molecule has 4 aromatic heterocycles. The zero-order valence-electron chi connectivity index (χ0n) is 33.9. The minimum atomic E-state index is -2.33. The molecule has 0 unspecified atom stereocenters. The SMILES string of the molecule is CC(C)c1cccc(C(C)C)c1-n1c(-c2[c-]ccc3c2oc2ccccc23)nc2ncccc21.[2H]C([2H])([2H])c1c[c-]c(-c2ccc(C(C)(C)C)cn2)c(F)c1.[Ir]. The fourth-order valence-electron chi connectivity index (χ4n) is 6.59. The van der Waals surface area contributed by atoms with Crippen LogP contribution in [0.1, 0.15) is 86.7 Å². The van der Waals surface area contributed by atoms with Crippen LogP contribution >= 0.6 is 0 Å². The molecule has 0 aliphatic heterocycles. The van der Waals surface area contributed by atoms with Crippen LogP contribution in [0.5, 0.6) is 0 Å². The molecule has 0 bridgehead atoms. The maximum absolute atomic E-state index is 14.1. The summed E-state index contributed by atoms with van der Waals surface area (Å²) in [5.74, 6) is 0.872. The van der Waals surface area contributed by atoms with E-state index < -0.39 is 12.7 Å². The summed E-state index contributed by atoms with van der Waals surface area (Å²) >= 11 is 0. The molecule has 0 aliphatic carbocycles. The van der Waals surface area contributed by atoms with E-state index in [1.54, 1.807) is 18.5 Å². The Kier molecular flexibility index (Phi) is 9.69. The van der Waals surface area contributed by atoms with Gasteiger partial charge < -0.3 is 14.0 Å². The zero-order valence-corrected chi connectivity index (χ0v) is 33.3. The van der Waals surface area contributed by atoms with Crippen molar-refractivity contribution in [3.05, 3.63) is 144 Å². The summed E-state index contributed by atoms with van der Waals surface area (Å²) in [6.07, 6.45) is 3.51. The van der Waals surface area contributed by atoms with E-state index in [4.69, 9.17) is 13.5 Å². The van der Waals surface area contributed by atoms with Gasteiger partial charge in [-0.3, -0.25) is 9.37 Å². The van der Waals surface area contributed by atoms with Gasteiger partial charge in [0.2, 0.25) is 0 Å². The smallest absolute Gasteiger partial charge is 0.168 e. The van der Waals surface area contributed by atoms with Gasteiger partial charge in [0.05, 0.1) is 16.9 Å². The van der Waals surface area contributed by atoms with Crippen molar-refractivity contribution in [2.45, 2.75) is 72.6 Å². The third kappa shape index (κ3) is 7.33. The van der Waals surface area contributed by atoms with E-state index >= 15 is 0 Å². The Hall–Kier alpha value is -4.97. The zero-order chi connectivity index (χ0) is 39.2. The number of imidazole rings is 1. The molecular formula is C46H43FIrN4O-2. The van der Waals surface area contributed by atoms with Gasteiger partial charge in [0.25, 0.3) is 0 Å². The first-order valence-corrected chi connectivity index (χ1v) is 17.6. The number of aryl methyl sites for hydroxylation is 1. The molecule has 1 radical (unpaired) electrons. The number of aromatic nitrogens is 4. The second kappa shape index (κ2) is 15.2. The van der Waals surface area contributed by atoms with E-state index in [2.05, 4.69) is 112 Å². The second-order valence-electron chi connectivity index (χ2n) is 14.7. The Bertz CT molecular complexity index is 2630. The number of halogens is 1. The number of nitrogens with zero attached hydrogens (tertiary/aromatic N) is 4. The number of benzene rings is 4. The van der Waals surface area contributed by atoms with Crippen LogP contribution in [0.2, 0.25) is 0 Å². The average Bonchev–Trinajstić information content (AvgIpc) is 3.73. The van der Waals surface area contributed by atoms with Crippen molar-refractivity contribution in [1.29, 1.82) is 0 Å².